The molecule has 3 aromatic carbocycles. The van der Waals surface area contributed by atoms with Crippen molar-refractivity contribution < 1.29 is 14.0 Å². The summed E-state index contributed by atoms with van der Waals surface area (Å²) in [6.07, 6.45) is 0.231. The lowest BCUT2D eigenvalue weighted by molar-refractivity contribution is -0.126. The summed E-state index contributed by atoms with van der Waals surface area (Å²) < 4.78 is 13.6. The minimum Gasteiger partial charge on any atom is -0.350 e. The van der Waals surface area contributed by atoms with Gasteiger partial charge in [-0.25, -0.2) is 4.39 Å². The Morgan fingerprint density at radius 3 is 1.86 bits per heavy atom. The average molecular weight is 390 g/mol. The first-order valence-corrected chi connectivity index (χ1v) is 9.50. The van der Waals surface area contributed by atoms with Crippen LogP contribution in [0.15, 0.2) is 84.9 Å². The van der Waals surface area contributed by atoms with Gasteiger partial charge in [0.1, 0.15) is 5.82 Å². The van der Waals surface area contributed by atoms with Crippen molar-refractivity contribution in [2.75, 3.05) is 6.54 Å². The number of carbonyl (C=O) groups excluding carboxylic acids is 2. The number of hydrogen-bond donors (Lipinski definition) is 2. The highest BCUT2D eigenvalue weighted by molar-refractivity contribution is 5.85. The molecule has 148 valence electrons. The molecule has 0 saturated carbocycles. The van der Waals surface area contributed by atoms with Crippen LogP contribution in [-0.2, 0) is 16.1 Å². The minimum absolute atomic E-state index is 0.0814. The van der Waals surface area contributed by atoms with Crippen LogP contribution in [0.25, 0.3) is 0 Å². The molecule has 0 atom stereocenters. The summed E-state index contributed by atoms with van der Waals surface area (Å²) in [5.41, 5.74) is 2.48. The maximum Gasteiger partial charge on any atom is 0.239 e. The number of amides is 2. The molecule has 3 aromatic rings. The lowest BCUT2D eigenvalue weighted by atomic mass is 9.88. The third-order valence-corrected chi connectivity index (χ3v) is 4.67. The van der Waals surface area contributed by atoms with Gasteiger partial charge < -0.3 is 10.6 Å². The van der Waals surface area contributed by atoms with Gasteiger partial charge in [0.05, 0.1) is 6.54 Å². The second kappa shape index (κ2) is 10.2. The summed E-state index contributed by atoms with van der Waals surface area (Å²) in [5.74, 6) is -1.05. The summed E-state index contributed by atoms with van der Waals surface area (Å²) in [5, 5.41) is 5.28. The molecule has 4 nitrogen and oxygen atoms in total. The SMILES string of the molecule is O=C(CNC(=O)CC(c1ccccc1)c1ccccc1)NCc1ccccc1F. The van der Waals surface area contributed by atoms with Gasteiger partial charge >= 0.3 is 0 Å². The van der Waals surface area contributed by atoms with E-state index < -0.39 is 0 Å². The molecule has 2 N–H and O–H groups in total. The Morgan fingerprint density at radius 1 is 0.724 bits per heavy atom. The van der Waals surface area contributed by atoms with Crippen molar-refractivity contribution in [3.8, 4) is 0 Å². The molecular weight excluding hydrogens is 367 g/mol. The van der Waals surface area contributed by atoms with Crippen molar-refractivity contribution in [2.24, 2.45) is 0 Å². The number of benzene rings is 3. The Morgan fingerprint density at radius 2 is 1.28 bits per heavy atom. The van der Waals surface area contributed by atoms with Gasteiger partial charge in [-0.15, -0.1) is 0 Å². The van der Waals surface area contributed by atoms with Crippen LogP contribution in [-0.4, -0.2) is 18.4 Å². The molecule has 0 radical (unpaired) electrons. The zero-order valence-corrected chi connectivity index (χ0v) is 16.0. The molecule has 0 heterocycles. The molecular formula is C24H23FN2O2. The number of rotatable bonds is 8. The van der Waals surface area contributed by atoms with E-state index in [0.29, 0.717) is 5.56 Å². The monoisotopic (exact) mass is 390 g/mol. The highest BCUT2D eigenvalue weighted by Gasteiger charge is 2.18. The third kappa shape index (κ3) is 6.01. The second-order valence-electron chi connectivity index (χ2n) is 6.72. The third-order valence-electron chi connectivity index (χ3n) is 4.67. The van der Waals surface area contributed by atoms with Crippen LogP contribution >= 0.6 is 0 Å². The normalized spacial score (nSPS) is 10.6. The highest BCUT2D eigenvalue weighted by Crippen LogP contribution is 2.27. The van der Waals surface area contributed by atoms with E-state index in [2.05, 4.69) is 10.6 Å². The first-order valence-electron chi connectivity index (χ1n) is 9.50. The second-order valence-corrected chi connectivity index (χ2v) is 6.72. The van der Waals surface area contributed by atoms with Gasteiger partial charge in [-0.05, 0) is 17.2 Å². The van der Waals surface area contributed by atoms with Crippen molar-refractivity contribution in [1.82, 2.24) is 10.6 Å². The van der Waals surface area contributed by atoms with Crippen molar-refractivity contribution in [3.05, 3.63) is 107 Å². The summed E-state index contributed by atoms with van der Waals surface area (Å²) in [7, 11) is 0. The van der Waals surface area contributed by atoms with E-state index in [1.54, 1.807) is 18.2 Å². The van der Waals surface area contributed by atoms with E-state index in [9.17, 15) is 14.0 Å². The summed E-state index contributed by atoms with van der Waals surface area (Å²) in [6, 6.07) is 25.9. The van der Waals surface area contributed by atoms with Crippen LogP contribution in [0.1, 0.15) is 29.0 Å². The zero-order chi connectivity index (χ0) is 20.5. The molecule has 0 bridgehead atoms. The zero-order valence-electron chi connectivity index (χ0n) is 16.0. The van der Waals surface area contributed by atoms with Crippen LogP contribution < -0.4 is 10.6 Å². The van der Waals surface area contributed by atoms with Gasteiger partial charge in [-0.3, -0.25) is 9.59 Å². The number of halogens is 1. The maximum absolute atomic E-state index is 13.6. The van der Waals surface area contributed by atoms with E-state index in [1.807, 2.05) is 60.7 Å². The lowest BCUT2D eigenvalue weighted by Crippen LogP contribution is -2.37. The molecule has 5 heteroatoms. The van der Waals surface area contributed by atoms with E-state index >= 15 is 0 Å². The van der Waals surface area contributed by atoms with E-state index in [-0.39, 0.29) is 43.1 Å². The predicted octanol–water partition coefficient (Wildman–Crippen LogP) is 3.78. The molecule has 0 aliphatic heterocycles. The summed E-state index contributed by atoms with van der Waals surface area (Å²) in [6.45, 7) is -0.0678. The van der Waals surface area contributed by atoms with Gasteiger partial charge in [0.2, 0.25) is 11.8 Å². The molecule has 0 unspecified atom stereocenters. The fourth-order valence-corrected chi connectivity index (χ4v) is 3.13. The van der Waals surface area contributed by atoms with Crippen LogP contribution in [0, 0.1) is 5.82 Å². The molecule has 2 amide bonds. The van der Waals surface area contributed by atoms with Crippen LogP contribution in [0.4, 0.5) is 4.39 Å². The maximum atomic E-state index is 13.6. The Kier molecular flexibility index (Phi) is 7.11. The van der Waals surface area contributed by atoms with Gasteiger partial charge in [-0.2, -0.15) is 0 Å². The number of carbonyl (C=O) groups is 2. The Balaban J connectivity index is 1.55. The largest absolute Gasteiger partial charge is 0.350 e. The standard InChI is InChI=1S/C24H23FN2O2/c25-22-14-8-7-13-20(22)16-26-24(29)17-27-23(28)15-21(18-9-3-1-4-10-18)19-11-5-2-6-12-19/h1-14,21H,15-17H2,(H,26,29)(H,27,28). The van der Waals surface area contributed by atoms with Gasteiger partial charge in [-0.1, -0.05) is 78.9 Å². The summed E-state index contributed by atoms with van der Waals surface area (Å²) in [4.78, 5) is 24.5. The molecule has 0 aliphatic rings. The van der Waals surface area contributed by atoms with Crippen molar-refractivity contribution in [3.63, 3.8) is 0 Å². The molecule has 0 saturated heterocycles. The Bertz CT molecular complexity index is 906. The number of hydrogen-bond acceptors (Lipinski definition) is 2. The summed E-state index contributed by atoms with van der Waals surface area (Å²) >= 11 is 0. The smallest absolute Gasteiger partial charge is 0.239 e. The van der Waals surface area contributed by atoms with Gasteiger partial charge in [0.15, 0.2) is 0 Å². The van der Waals surface area contributed by atoms with Crippen molar-refractivity contribution in [1.29, 1.82) is 0 Å². The molecule has 29 heavy (non-hydrogen) atoms. The topological polar surface area (TPSA) is 58.2 Å². The van der Waals surface area contributed by atoms with Crippen molar-refractivity contribution in [2.45, 2.75) is 18.9 Å². The van der Waals surface area contributed by atoms with Gasteiger partial charge in [0.25, 0.3) is 0 Å². The van der Waals surface area contributed by atoms with Crippen LogP contribution in [0.3, 0.4) is 0 Å². The lowest BCUT2D eigenvalue weighted by Gasteiger charge is -2.18. The van der Waals surface area contributed by atoms with E-state index in [4.69, 9.17) is 0 Å². The Hall–Kier alpha value is -3.47. The van der Waals surface area contributed by atoms with Crippen LogP contribution in [0.5, 0.6) is 0 Å². The molecule has 0 spiro atoms. The predicted molar refractivity (Wildman–Crippen MR) is 111 cm³/mol. The van der Waals surface area contributed by atoms with Gasteiger partial charge in [0, 0.05) is 24.4 Å². The van der Waals surface area contributed by atoms with E-state index in [1.165, 1.54) is 6.07 Å². The molecule has 0 aliphatic carbocycles. The minimum atomic E-state index is -0.370. The molecule has 0 aromatic heterocycles. The fourth-order valence-electron chi connectivity index (χ4n) is 3.13. The number of nitrogens with one attached hydrogen (secondary N) is 2. The highest BCUT2D eigenvalue weighted by atomic mass is 19.1. The Labute approximate surface area is 169 Å². The van der Waals surface area contributed by atoms with Crippen molar-refractivity contribution >= 4 is 11.8 Å². The van der Waals surface area contributed by atoms with Crippen LogP contribution in [0.2, 0.25) is 0 Å². The molecule has 3 rings (SSSR count). The first kappa shape index (κ1) is 20.3. The average Bonchev–Trinajstić information content (AvgIpc) is 2.76. The molecule has 0 fully saturated rings. The quantitative estimate of drug-likeness (QED) is 0.615. The fraction of sp³-hybridized carbons (Fsp3) is 0.167. The van der Waals surface area contributed by atoms with E-state index in [0.717, 1.165) is 11.1 Å². The first-order chi connectivity index (χ1) is 14.1.